The number of aryl methyl sites for hydroxylation is 1. The number of ether oxygens (including phenoxy) is 1. The number of H-pyrrole nitrogens is 1. The van der Waals surface area contributed by atoms with E-state index in [-0.39, 0.29) is 11.4 Å². The van der Waals surface area contributed by atoms with E-state index < -0.39 is 12.1 Å². The van der Waals surface area contributed by atoms with Crippen molar-refractivity contribution in [1.29, 1.82) is 0 Å². The van der Waals surface area contributed by atoms with Gasteiger partial charge in [-0.2, -0.15) is 0 Å². The Bertz CT molecular complexity index is 1320. The van der Waals surface area contributed by atoms with Gasteiger partial charge in [-0.1, -0.05) is 17.3 Å². The Labute approximate surface area is 164 Å². The number of carbonyl (C=O) groups is 1. The van der Waals surface area contributed by atoms with E-state index >= 15 is 0 Å². The lowest BCUT2D eigenvalue weighted by atomic mass is 10.1. The first-order chi connectivity index (χ1) is 14.0. The maximum atomic E-state index is 13.0. The summed E-state index contributed by atoms with van der Waals surface area (Å²) in [6, 6.07) is 8.78. The molecule has 0 radical (unpaired) electrons. The maximum absolute atomic E-state index is 13.0. The van der Waals surface area contributed by atoms with Gasteiger partial charge in [0.05, 0.1) is 27.5 Å². The minimum Gasteiger partial charge on any atom is -0.451 e. The van der Waals surface area contributed by atoms with E-state index in [2.05, 4.69) is 20.1 Å². The Kier molecular flexibility index (Phi) is 3.94. The van der Waals surface area contributed by atoms with E-state index in [0.29, 0.717) is 39.2 Å². The summed E-state index contributed by atoms with van der Waals surface area (Å²) in [5.74, 6) is 0.0954. The number of pyridine rings is 1. The highest BCUT2D eigenvalue weighted by Crippen LogP contribution is 2.40. The Morgan fingerprint density at radius 3 is 2.86 bits per heavy atom. The molecule has 0 saturated heterocycles. The lowest BCUT2D eigenvalue weighted by Gasteiger charge is -2.14. The molecular weight excluding hydrogens is 372 g/mol. The van der Waals surface area contributed by atoms with Gasteiger partial charge in [0, 0.05) is 11.6 Å². The van der Waals surface area contributed by atoms with Crippen molar-refractivity contribution in [2.75, 3.05) is 0 Å². The second-order valence-corrected chi connectivity index (χ2v) is 7.33. The molecule has 1 fully saturated rings. The van der Waals surface area contributed by atoms with Crippen molar-refractivity contribution >= 4 is 28.0 Å². The number of nitrogens with one attached hydrogen (secondary N) is 1. The molecule has 0 unspecified atom stereocenters. The van der Waals surface area contributed by atoms with Gasteiger partial charge in [-0.3, -0.25) is 4.79 Å². The molecule has 8 nitrogen and oxygen atoms in total. The van der Waals surface area contributed by atoms with Crippen LogP contribution in [0.2, 0.25) is 0 Å². The van der Waals surface area contributed by atoms with E-state index in [4.69, 9.17) is 9.26 Å². The van der Waals surface area contributed by atoms with E-state index in [1.54, 1.807) is 44.2 Å². The fraction of sp³-hybridized carbons (Fsp3) is 0.286. The Balaban J connectivity index is 1.50. The van der Waals surface area contributed by atoms with Crippen LogP contribution in [0.4, 0.5) is 0 Å². The van der Waals surface area contributed by atoms with Crippen molar-refractivity contribution in [3.05, 3.63) is 63.5 Å². The molecule has 5 rings (SSSR count). The van der Waals surface area contributed by atoms with Crippen LogP contribution < -0.4 is 5.56 Å². The third-order valence-electron chi connectivity index (χ3n) is 5.15. The van der Waals surface area contributed by atoms with Crippen molar-refractivity contribution in [2.24, 2.45) is 0 Å². The first kappa shape index (κ1) is 17.5. The average molecular weight is 390 g/mol. The van der Waals surface area contributed by atoms with E-state index in [1.165, 1.54) is 0 Å². The number of hydrogen-bond acceptors (Lipinski definition) is 7. The Hall–Kier alpha value is -3.55. The molecule has 1 aromatic carbocycles. The van der Waals surface area contributed by atoms with Crippen LogP contribution in [0.25, 0.3) is 22.0 Å². The van der Waals surface area contributed by atoms with Crippen LogP contribution in [0.15, 0.2) is 39.6 Å². The fourth-order valence-electron chi connectivity index (χ4n) is 3.44. The monoisotopic (exact) mass is 390 g/mol. The number of benzene rings is 1. The zero-order valence-corrected chi connectivity index (χ0v) is 15.9. The van der Waals surface area contributed by atoms with Gasteiger partial charge in [-0.15, -0.1) is 0 Å². The molecule has 0 spiro atoms. The number of aromatic amines is 1. The van der Waals surface area contributed by atoms with Crippen molar-refractivity contribution in [3.63, 3.8) is 0 Å². The molecule has 29 heavy (non-hydrogen) atoms. The summed E-state index contributed by atoms with van der Waals surface area (Å²) < 4.78 is 10.9. The van der Waals surface area contributed by atoms with Gasteiger partial charge in [-0.05, 0) is 44.9 Å². The van der Waals surface area contributed by atoms with Crippen LogP contribution in [0.5, 0.6) is 0 Å². The second kappa shape index (κ2) is 6.51. The number of para-hydroxylation sites is 1. The fourth-order valence-corrected chi connectivity index (χ4v) is 3.44. The van der Waals surface area contributed by atoms with Crippen LogP contribution >= 0.6 is 0 Å². The normalized spacial score (nSPS) is 15.0. The largest absolute Gasteiger partial charge is 0.451 e. The summed E-state index contributed by atoms with van der Waals surface area (Å²) in [6.45, 7) is 3.43. The number of carbonyl (C=O) groups excluding carboxylic acids is 1. The third-order valence-corrected chi connectivity index (χ3v) is 5.15. The van der Waals surface area contributed by atoms with Crippen LogP contribution in [0.1, 0.15) is 59.4 Å². The quantitative estimate of drug-likeness (QED) is 0.530. The first-order valence-electron chi connectivity index (χ1n) is 9.48. The molecule has 4 aromatic rings. The molecule has 0 amide bonds. The molecule has 1 saturated carbocycles. The van der Waals surface area contributed by atoms with Gasteiger partial charge >= 0.3 is 5.97 Å². The van der Waals surface area contributed by atoms with Crippen molar-refractivity contribution in [3.8, 4) is 0 Å². The lowest BCUT2D eigenvalue weighted by Crippen LogP contribution is -2.17. The van der Waals surface area contributed by atoms with E-state index in [0.717, 1.165) is 18.5 Å². The molecule has 3 aromatic heterocycles. The first-order valence-corrected chi connectivity index (χ1v) is 9.48. The van der Waals surface area contributed by atoms with Gasteiger partial charge in [-0.25, -0.2) is 14.8 Å². The number of fused-ring (bicyclic) bond motifs is 2. The number of rotatable bonds is 4. The smallest absolute Gasteiger partial charge is 0.339 e. The third kappa shape index (κ3) is 3.06. The van der Waals surface area contributed by atoms with Crippen molar-refractivity contribution in [1.82, 2.24) is 20.1 Å². The number of aromatic nitrogens is 4. The summed E-state index contributed by atoms with van der Waals surface area (Å²) in [5, 5.41) is 4.97. The summed E-state index contributed by atoms with van der Waals surface area (Å²) in [5.41, 5.74) is 2.36. The SMILES string of the molecule is Cc1noc2nc(C3CC3)cc(C(=O)O[C@@H](C)c3nc4ccccc4c(=O)[nH]3)c12. The molecule has 1 N–H and O–H groups in total. The van der Waals surface area contributed by atoms with Gasteiger partial charge in [0.1, 0.15) is 0 Å². The molecule has 0 bridgehead atoms. The lowest BCUT2D eigenvalue weighted by molar-refractivity contribution is 0.0322. The molecule has 1 aliphatic carbocycles. The zero-order chi connectivity index (χ0) is 20.1. The highest BCUT2D eigenvalue weighted by atomic mass is 16.5. The van der Waals surface area contributed by atoms with Gasteiger partial charge in [0.2, 0.25) is 0 Å². The van der Waals surface area contributed by atoms with Crippen molar-refractivity contribution < 1.29 is 14.1 Å². The molecule has 1 atom stereocenters. The molecule has 0 aliphatic heterocycles. The summed E-state index contributed by atoms with van der Waals surface area (Å²) in [4.78, 5) is 36.9. The standard InChI is InChI=1S/C21H18N4O4/c1-10-17-14(9-16(12-7-8-12)23-20(17)29-25-10)21(27)28-11(2)18-22-15-6-4-3-5-13(15)19(26)24-18/h3-6,9,11-12H,7-8H2,1-2H3,(H,22,24,26)/t11-/m0/s1. The number of hydrogen-bond donors (Lipinski definition) is 1. The summed E-state index contributed by atoms with van der Waals surface area (Å²) in [6.07, 6.45) is 1.34. The minimum atomic E-state index is -0.743. The van der Waals surface area contributed by atoms with Gasteiger partial charge in [0.15, 0.2) is 11.9 Å². The predicted octanol–water partition coefficient (Wildman–Crippen LogP) is 3.56. The highest BCUT2D eigenvalue weighted by Gasteiger charge is 2.29. The number of esters is 1. The predicted molar refractivity (Wildman–Crippen MR) is 105 cm³/mol. The molecule has 8 heteroatoms. The molecule has 146 valence electrons. The van der Waals surface area contributed by atoms with E-state index in [9.17, 15) is 9.59 Å². The van der Waals surface area contributed by atoms with Crippen LogP contribution in [0.3, 0.4) is 0 Å². The Morgan fingerprint density at radius 2 is 2.07 bits per heavy atom. The second-order valence-electron chi connectivity index (χ2n) is 7.33. The van der Waals surface area contributed by atoms with Crippen LogP contribution in [0, 0.1) is 6.92 Å². The minimum absolute atomic E-state index is 0.273. The maximum Gasteiger partial charge on any atom is 0.339 e. The molecule has 1 aliphatic rings. The summed E-state index contributed by atoms with van der Waals surface area (Å²) >= 11 is 0. The highest BCUT2D eigenvalue weighted by molar-refractivity contribution is 6.03. The van der Waals surface area contributed by atoms with E-state index in [1.807, 2.05) is 0 Å². The average Bonchev–Trinajstić information content (AvgIpc) is 3.50. The van der Waals surface area contributed by atoms with Crippen LogP contribution in [-0.4, -0.2) is 26.1 Å². The Morgan fingerprint density at radius 1 is 1.28 bits per heavy atom. The van der Waals surface area contributed by atoms with Crippen LogP contribution in [-0.2, 0) is 4.74 Å². The summed E-state index contributed by atoms with van der Waals surface area (Å²) in [7, 11) is 0. The number of nitrogens with zero attached hydrogens (tertiary/aromatic N) is 3. The van der Waals surface area contributed by atoms with Gasteiger partial charge < -0.3 is 14.2 Å². The van der Waals surface area contributed by atoms with Crippen molar-refractivity contribution in [2.45, 2.75) is 38.7 Å². The molecular formula is C21H18N4O4. The topological polar surface area (TPSA) is 111 Å². The zero-order valence-electron chi connectivity index (χ0n) is 15.9. The van der Waals surface area contributed by atoms with Gasteiger partial charge in [0.25, 0.3) is 11.3 Å². The molecule has 3 heterocycles.